The van der Waals surface area contributed by atoms with Crippen molar-refractivity contribution in [1.82, 2.24) is 10.8 Å². The maximum absolute atomic E-state index is 11.3. The molecule has 0 heterocycles. The molecule has 0 aliphatic heterocycles. The Hall–Kier alpha value is 1.37. The van der Waals surface area contributed by atoms with Gasteiger partial charge in [-0.1, -0.05) is 19.8 Å². The number of rotatable bonds is 12. The van der Waals surface area contributed by atoms with Crippen molar-refractivity contribution >= 4 is 7.82 Å². The molecule has 0 saturated carbocycles. The maximum atomic E-state index is 11.3. The molecule has 0 aromatic heterocycles. The quantitative estimate of drug-likeness (QED) is 0.210. The molecule has 0 amide bonds. The van der Waals surface area contributed by atoms with Crippen LogP contribution in [0.3, 0.4) is 0 Å². The number of hydroxylamine groups is 1. The van der Waals surface area contributed by atoms with Gasteiger partial charge in [-0.3, -0.25) is 4.52 Å². The second kappa shape index (κ2) is 14.8. The molecule has 1 unspecified atom stereocenters. The smallest absolute Gasteiger partial charge is 0.329 e. The standard InChI is InChI=1S/C9H24N3O4P.Ce/c1-2-3-4-9-15-17(13,14)16-12-8-7-11-6-5-10;/h11-12H,2-10H2,1H3,(H,13,14);. The van der Waals surface area contributed by atoms with Gasteiger partial charge in [-0.15, -0.1) is 0 Å². The number of unbranched alkanes of at least 4 members (excludes halogenated alkanes) is 2. The van der Waals surface area contributed by atoms with Gasteiger partial charge in [0.1, 0.15) is 0 Å². The normalized spacial score (nSPS) is 13.9. The Labute approximate surface area is 143 Å². The van der Waals surface area contributed by atoms with Gasteiger partial charge in [-0.2, -0.15) is 10.1 Å². The van der Waals surface area contributed by atoms with Crippen molar-refractivity contribution < 1.29 is 60.4 Å². The molecule has 0 aliphatic carbocycles. The van der Waals surface area contributed by atoms with Crippen LogP contribution in [-0.2, 0) is 13.7 Å². The SMILES string of the molecule is CCCCCOP(=O)(O)ONCCNCCN.[Ce]. The molecule has 18 heavy (non-hydrogen) atoms. The summed E-state index contributed by atoms with van der Waals surface area (Å²) >= 11 is 0. The molecule has 108 valence electrons. The van der Waals surface area contributed by atoms with Crippen molar-refractivity contribution in [3.05, 3.63) is 0 Å². The van der Waals surface area contributed by atoms with Crippen molar-refractivity contribution in [3.8, 4) is 0 Å². The minimum atomic E-state index is -3.95. The molecule has 0 rings (SSSR count). The van der Waals surface area contributed by atoms with Gasteiger partial charge in [-0.25, -0.2) is 4.57 Å². The molecule has 0 fully saturated rings. The number of phosphoric ester groups is 1. The van der Waals surface area contributed by atoms with Crippen molar-refractivity contribution in [3.63, 3.8) is 0 Å². The molecule has 0 aromatic rings. The van der Waals surface area contributed by atoms with Crippen LogP contribution in [0.5, 0.6) is 0 Å². The fourth-order valence-electron chi connectivity index (χ4n) is 1.05. The average molecular weight is 409 g/mol. The Balaban J connectivity index is 0. The molecule has 9 heteroatoms. The summed E-state index contributed by atoms with van der Waals surface area (Å²) in [6, 6.07) is 0. The third kappa shape index (κ3) is 15.4. The van der Waals surface area contributed by atoms with Crippen LogP contribution in [0.25, 0.3) is 0 Å². The van der Waals surface area contributed by atoms with Crippen molar-refractivity contribution in [2.75, 3.05) is 32.8 Å². The van der Waals surface area contributed by atoms with Gasteiger partial charge in [0, 0.05) is 67.9 Å². The number of phosphoric acid groups is 1. The zero-order valence-corrected chi connectivity index (χ0v) is 14.9. The molecule has 0 aromatic carbocycles. The Kier molecular flexibility index (Phi) is 17.8. The fourth-order valence-corrected chi connectivity index (χ4v) is 1.72. The number of nitrogens with one attached hydrogen (secondary N) is 2. The minimum Gasteiger partial charge on any atom is -0.329 e. The molecule has 0 radical (unpaired) electrons. The van der Waals surface area contributed by atoms with Gasteiger partial charge in [-0.05, 0) is 6.42 Å². The topological polar surface area (TPSA) is 106 Å². The summed E-state index contributed by atoms with van der Waals surface area (Å²) in [7, 11) is -3.95. The summed E-state index contributed by atoms with van der Waals surface area (Å²) in [6.07, 6.45) is 2.75. The Morgan fingerprint density at radius 3 is 2.61 bits per heavy atom. The largest absolute Gasteiger partial charge is 0.488 e. The van der Waals surface area contributed by atoms with Crippen molar-refractivity contribution in [2.45, 2.75) is 26.2 Å². The summed E-state index contributed by atoms with van der Waals surface area (Å²) in [5.41, 5.74) is 7.66. The number of hydrogen-bond acceptors (Lipinski definition) is 6. The predicted molar refractivity (Wildman–Crippen MR) is 66.3 cm³/mol. The summed E-state index contributed by atoms with van der Waals surface area (Å²) in [5.74, 6) is 0. The minimum absolute atomic E-state index is 0. The Bertz CT molecular complexity index is 224. The van der Waals surface area contributed by atoms with E-state index in [9.17, 15) is 9.46 Å². The molecule has 5 N–H and O–H groups in total. The van der Waals surface area contributed by atoms with Gasteiger partial charge in [0.15, 0.2) is 0 Å². The molecule has 1 atom stereocenters. The van der Waals surface area contributed by atoms with E-state index in [0.29, 0.717) is 26.2 Å². The Morgan fingerprint density at radius 1 is 1.28 bits per heavy atom. The second-order valence-electron chi connectivity index (χ2n) is 3.53. The molecule has 7 nitrogen and oxygen atoms in total. The van der Waals surface area contributed by atoms with Crippen LogP contribution in [0.1, 0.15) is 26.2 Å². The first-order valence-corrected chi connectivity index (χ1v) is 7.41. The molecule has 0 saturated heterocycles. The third-order valence-electron chi connectivity index (χ3n) is 1.91. The van der Waals surface area contributed by atoms with Gasteiger partial charge >= 0.3 is 7.82 Å². The Morgan fingerprint density at radius 2 is 2.00 bits per heavy atom. The zero-order valence-electron chi connectivity index (χ0n) is 10.9. The van der Waals surface area contributed by atoms with Gasteiger partial charge < -0.3 is 15.9 Å². The van der Waals surface area contributed by atoms with Crippen LogP contribution >= 0.6 is 7.82 Å². The van der Waals surface area contributed by atoms with Gasteiger partial charge in [0.2, 0.25) is 0 Å². The van der Waals surface area contributed by atoms with Gasteiger partial charge in [0.25, 0.3) is 0 Å². The van der Waals surface area contributed by atoms with E-state index in [1.54, 1.807) is 0 Å². The summed E-state index contributed by atoms with van der Waals surface area (Å²) in [6.45, 7) is 4.54. The van der Waals surface area contributed by atoms with E-state index >= 15 is 0 Å². The maximum Gasteiger partial charge on any atom is 0.488 e. The molecular weight excluding hydrogens is 385 g/mol. The fraction of sp³-hybridized carbons (Fsp3) is 1.00. The van der Waals surface area contributed by atoms with E-state index in [0.717, 1.165) is 19.3 Å². The predicted octanol–water partition coefficient (Wildman–Crippen LogP) is 0.363. The van der Waals surface area contributed by atoms with Crippen molar-refractivity contribution in [1.29, 1.82) is 0 Å². The molecule has 0 spiro atoms. The van der Waals surface area contributed by atoms with E-state index in [1.807, 2.05) is 6.92 Å². The second-order valence-corrected chi connectivity index (χ2v) is 4.91. The van der Waals surface area contributed by atoms with Crippen LogP contribution in [0, 0.1) is 41.7 Å². The van der Waals surface area contributed by atoms with E-state index in [2.05, 4.69) is 15.4 Å². The average Bonchev–Trinajstić information content (AvgIpc) is 2.29. The van der Waals surface area contributed by atoms with E-state index in [1.165, 1.54) is 0 Å². The monoisotopic (exact) mass is 409 g/mol. The van der Waals surface area contributed by atoms with Crippen LogP contribution in [0.4, 0.5) is 0 Å². The van der Waals surface area contributed by atoms with Crippen LogP contribution < -0.4 is 16.5 Å². The van der Waals surface area contributed by atoms with Crippen LogP contribution in [-0.4, -0.2) is 37.7 Å². The number of nitrogens with two attached hydrogens (primary N) is 1. The summed E-state index contributed by atoms with van der Waals surface area (Å²) in [5, 5.41) is 3.00. The third-order valence-corrected chi connectivity index (χ3v) is 2.78. The molecule has 0 aliphatic rings. The molecule has 0 bridgehead atoms. The zero-order chi connectivity index (χ0) is 13.0. The first-order valence-electron chi connectivity index (χ1n) is 5.92. The first kappa shape index (κ1) is 21.7. The van der Waals surface area contributed by atoms with Crippen molar-refractivity contribution in [2.24, 2.45) is 5.73 Å². The van der Waals surface area contributed by atoms with Crippen LogP contribution in [0.2, 0.25) is 0 Å². The van der Waals surface area contributed by atoms with Crippen LogP contribution in [0.15, 0.2) is 0 Å². The van der Waals surface area contributed by atoms with E-state index in [-0.39, 0.29) is 48.4 Å². The summed E-state index contributed by atoms with van der Waals surface area (Å²) in [4.78, 5) is 9.22. The van der Waals surface area contributed by atoms with E-state index < -0.39 is 7.82 Å². The summed E-state index contributed by atoms with van der Waals surface area (Å²) < 4.78 is 20.6. The van der Waals surface area contributed by atoms with E-state index in [4.69, 9.17) is 10.3 Å². The molecular formula is C9H24CeN3O4P. The first-order chi connectivity index (χ1) is 8.12. The van der Waals surface area contributed by atoms with Gasteiger partial charge in [0.05, 0.1) is 6.61 Å². The number of hydrogen-bond donors (Lipinski definition) is 4.